The van der Waals surface area contributed by atoms with E-state index in [1.54, 1.807) is 29.2 Å². The number of sulfonamides is 1. The third kappa shape index (κ3) is 3.84. The SMILES string of the molecule is Cc1ccc(S(=O)(=O)N2CCN(C(=O)c3nc(N)nc4c3CCCC4)CC2)cc1. The van der Waals surface area contributed by atoms with Gasteiger partial charge in [0.15, 0.2) is 0 Å². The van der Waals surface area contributed by atoms with Crippen LogP contribution in [0.2, 0.25) is 0 Å². The Bertz CT molecular complexity index is 1030. The van der Waals surface area contributed by atoms with Crippen LogP contribution in [0.15, 0.2) is 29.2 Å². The van der Waals surface area contributed by atoms with Gasteiger partial charge in [0.05, 0.1) is 4.90 Å². The van der Waals surface area contributed by atoms with E-state index in [1.165, 1.54) is 4.31 Å². The smallest absolute Gasteiger partial charge is 0.273 e. The number of carbonyl (C=O) groups is 1. The number of carbonyl (C=O) groups excluding carboxylic acids is 1. The fraction of sp³-hybridized carbons (Fsp3) is 0.450. The Labute approximate surface area is 170 Å². The minimum absolute atomic E-state index is 0.120. The summed E-state index contributed by atoms with van der Waals surface area (Å²) in [5, 5.41) is 0. The molecule has 1 aromatic heterocycles. The topological polar surface area (TPSA) is 109 Å². The van der Waals surface area contributed by atoms with Crippen LogP contribution in [-0.4, -0.2) is 59.7 Å². The van der Waals surface area contributed by atoms with Gasteiger partial charge in [0.25, 0.3) is 5.91 Å². The number of hydrogen-bond donors (Lipinski definition) is 1. The Balaban J connectivity index is 1.50. The first-order valence-corrected chi connectivity index (χ1v) is 11.3. The van der Waals surface area contributed by atoms with Gasteiger partial charge in [-0.15, -0.1) is 0 Å². The number of amides is 1. The van der Waals surface area contributed by atoms with Crippen LogP contribution in [0.1, 0.15) is 40.2 Å². The van der Waals surface area contributed by atoms with E-state index in [0.717, 1.165) is 42.5 Å². The quantitative estimate of drug-likeness (QED) is 0.811. The van der Waals surface area contributed by atoms with Gasteiger partial charge in [-0.25, -0.2) is 18.4 Å². The average Bonchev–Trinajstić information content (AvgIpc) is 2.73. The van der Waals surface area contributed by atoms with Gasteiger partial charge < -0.3 is 10.6 Å². The van der Waals surface area contributed by atoms with E-state index in [1.807, 2.05) is 6.92 Å². The summed E-state index contributed by atoms with van der Waals surface area (Å²) < 4.78 is 27.2. The molecule has 2 N–H and O–H groups in total. The number of anilines is 1. The lowest BCUT2D eigenvalue weighted by molar-refractivity contribution is 0.0690. The summed E-state index contributed by atoms with van der Waals surface area (Å²) in [6, 6.07) is 6.82. The van der Waals surface area contributed by atoms with Gasteiger partial charge in [-0.1, -0.05) is 17.7 Å². The van der Waals surface area contributed by atoms with E-state index in [-0.39, 0.29) is 29.8 Å². The maximum absolute atomic E-state index is 13.1. The summed E-state index contributed by atoms with van der Waals surface area (Å²) in [6.45, 7) is 3.07. The minimum atomic E-state index is -3.56. The number of aryl methyl sites for hydroxylation is 2. The number of nitrogen functional groups attached to an aromatic ring is 1. The molecular weight excluding hydrogens is 390 g/mol. The largest absolute Gasteiger partial charge is 0.368 e. The summed E-state index contributed by atoms with van der Waals surface area (Å²) in [6.07, 6.45) is 3.62. The van der Waals surface area contributed by atoms with Crippen LogP contribution in [0.25, 0.3) is 0 Å². The molecule has 4 rings (SSSR count). The Morgan fingerprint density at radius 2 is 1.66 bits per heavy atom. The van der Waals surface area contributed by atoms with E-state index in [9.17, 15) is 13.2 Å². The Kier molecular flexibility index (Phi) is 5.26. The molecule has 0 bridgehead atoms. The summed E-state index contributed by atoms with van der Waals surface area (Å²) in [5.41, 5.74) is 8.97. The van der Waals surface area contributed by atoms with Crippen LogP contribution in [0, 0.1) is 6.92 Å². The molecule has 0 saturated carbocycles. The molecule has 0 atom stereocenters. The van der Waals surface area contributed by atoms with E-state index >= 15 is 0 Å². The highest BCUT2D eigenvalue weighted by atomic mass is 32.2. The second-order valence-corrected chi connectivity index (χ2v) is 9.51. The molecule has 1 saturated heterocycles. The lowest BCUT2D eigenvalue weighted by Crippen LogP contribution is -2.50. The summed E-state index contributed by atoms with van der Waals surface area (Å²) >= 11 is 0. The second kappa shape index (κ2) is 7.72. The molecule has 8 nitrogen and oxygen atoms in total. The monoisotopic (exact) mass is 415 g/mol. The fourth-order valence-corrected chi connectivity index (χ4v) is 5.35. The number of benzene rings is 1. The second-order valence-electron chi connectivity index (χ2n) is 7.57. The van der Waals surface area contributed by atoms with Gasteiger partial charge in [-0.05, 0) is 44.7 Å². The lowest BCUT2D eigenvalue weighted by atomic mass is 9.94. The Morgan fingerprint density at radius 1 is 1.00 bits per heavy atom. The molecule has 154 valence electrons. The van der Waals surface area contributed by atoms with Crippen LogP contribution in [0.4, 0.5) is 5.95 Å². The van der Waals surface area contributed by atoms with Crippen molar-refractivity contribution in [3.05, 3.63) is 46.8 Å². The van der Waals surface area contributed by atoms with Gasteiger partial charge in [-0.3, -0.25) is 4.79 Å². The van der Waals surface area contributed by atoms with Crippen molar-refractivity contribution in [3.63, 3.8) is 0 Å². The molecule has 0 radical (unpaired) electrons. The average molecular weight is 416 g/mol. The summed E-state index contributed by atoms with van der Waals surface area (Å²) in [7, 11) is -3.56. The van der Waals surface area contributed by atoms with Crippen molar-refractivity contribution in [1.29, 1.82) is 0 Å². The zero-order chi connectivity index (χ0) is 20.6. The van der Waals surface area contributed by atoms with E-state index in [0.29, 0.717) is 18.8 Å². The third-order valence-electron chi connectivity index (χ3n) is 5.59. The first kappa shape index (κ1) is 19.8. The van der Waals surface area contributed by atoms with E-state index in [2.05, 4.69) is 9.97 Å². The predicted molar refractivity (Wildman–Crippen MR) is 109 cm³/mol. The van der Waals surface area contributed by atoms with Gasteiger partial charge in [0.1, 0.15) is 5.69 Å². The van der Waals surface area contributed by atoms with Gasteiger partial charge in [0.2, 0.25) is 16.0 Å². The number of rotatable bonds is 3. The molecule has 2 heterocycles. The summed E-state index contributed by atoms with van der Waals surface area (Å²) in [5.74, 6) is -0.0702. The number of nitrogens with zero attached hydrogens (tertiary/aromatic N) is 4. The normalized spacial score (nSPS) is 17.8. The zero-order valence-corrected chi connectivity index (χ0v) is 17.3. The number of aromatic nitrogens is 2. The number of fused-ring (bicyclic) bond motifs is 1. The molecule has 1 amide bonds. The van der Waals surface area contributed by atoms with Crippen molar-refractivity contribution in [2.45, 2.75) is 37.5 Å². The molecule has 0 unspecified atom stereocenters. The highest BCUT2D eigenvalue weighted by molar-refractivity contribution is 7.89. The van der Waals surface area contributed by atoms with Crippen LogP contribution in [0.3, 0.4) is 0 Å². The number of piperazine rings is 1. The summed E-state index contributed by atoms with van der Waals surface area (Å²) in [4.78, 5) is 23.6. The Hall–Kier alpha value is -2.52. The molecule has 9 heteroatoms. The van der Waals surface area contributed by atoms with Crippen molar-refractivity contribution in [2.75, 3.05) is 31.9 Å². The van der Waals surface area contributed by atoms with Crippen LogP contribution >= 0.6 is 0 Å². The molecule has 2 aliphatic rings. The maximum atomic E-state index is 13.1. The first-order chi connectivity index (χ1) is 13.9. The third-order valence-corrected chi connectivity index (χ3v) is 7.50. The van der Waals surface area contributed by atoms with Gasteiger partial charge in [0, 0.05) is 37.4 Å². The molecule has 0 spiro atoms. The van der Waals surface area contributed by atoms with E-state index in [4.69, 9.17) is 5.73 Å². The minimum Gasteiger partial charge on any atom is -0.368 e. The predicted octanol–water partition coefficient (Wildman–Crippen LogP) is 1.39. The number of hydrogen-bond acceptors (Lipinski definition) is 6. The van der Waals surface area contributed by atoms with Gasteiger partial charge >= 0.3 is 0 Å². The first-order valence-electron chi connectivity index (χ1n) is 9.87. The molecule has 2 aromatic rings. The molecule has 1 aliphatic carbocycles. The van der Waals surface area contributed by atoms with Crippen LogP contribution in [0.5, 0.6) is 0 Å². The van der Waals surface area contributed by atoms with Crippen molar-refractivity contribution in [3.8, 4) is 0 Å². The Morgan fingerprint density at radius 3 is 2.34 bits per heavy atom. The fourth-order valence-electron chi connectivity index (χ4n) is 3.93. The zero-order valence-electron chi connectivity index (χ0n) is 16.5. The lowest BCUT2D eigenvalue weighted by Gasteiger charge is -2.34. The van der Waals surface area contributed by atoms with Crippen LogP contribution < -0.4 is 5.73 Å². The maximum Gasteiger partial charge on any atom is 0.273 e. The van der Waals surface area contributed by atoms with Crippen molar-refractivity contribution >= 4 is 21.9 Å². The van der Waals surface area contributed by atoms with Crippen LogP contribution in [-0.2, 0) is 22.9 Å². The van der Waals surface area contributed by atoms with Crippen molar-refractivity contribution < 1.29 is 13.2 Å². The molecule has 1 aromatic carbocycles. The standard InChI is InChI=1S/C20H25N5O3S/c1-14-6-8-15(9-7-14)29(27,28)25-12-10-24(11-13-25)19(26)18-16-4-2-3-5-17(16)22-20(21)23-18/h6-9H,2-5,10-13H2,1H3,(H2,21,22,23). The molecular formula is C20H25N5O3S. The highest BCUT2D eigenvalue weighted by Crippen LogP contribution is 2.25. The van der Waals surface area contributed by atoms with Crippen molar-refractivity contribution in [1.82, 2.24) is 19.2 Å². The van der Waals surface area contributed by atoms with Gasteiger partial charge in [-0.2, -0.15) is 4.31 Å². The van der Waals surface area contributed by atoms with E-state index < -0.39 is 10.0 Å². The molecule has 29 heavy (non-hydrogen) atoms. The number of nitrogens with two attached hydrogens (primary N) is 1. The highest BCUT2D eigenvalue weighted by Gasteiger charge is 2.32. The molecule has 1 aliphatic heterocycles. The molecule has 1 fully saturated rings. The van der Waals surface area contributed by atoms with Crippen molar-refractivity contribution in [2.24, 2.45) is 0 Å².